The summed E-state index contributed by atoms with van der Waals surface area (Å²) in [6.07, 6.45) is 0. The van der Waals surface area contributed by atoms with Crippen molar-refractivity contribution in [1.29, 1.82) is 0 Å². The lowest BCUT2D eigenvalue weighted by atomic mass is 10.2. The van der Waals surface area contributed by atoms with Gasteiger partial charge in [-0.1, -0.05) is 6.07 Å². The SMILES string of the molecule is COc1cc(C)ccc1OCc1cc(C(=O)NN)c(C)o1. The molecular weight excluding hydrogens is 272 g/mol. The highest BCUT2D eigenvalue weighted by Crippen LogP contribution is 2.28. The van der Waals surface area contributed by atoms with Crippen LogP contribution >= 0.6 is 0 Å². The van der Waals surface area contributed by atoms with Gasteiger partial charge in [-0.3, -0.25) is 10.2 Å². The topological polar surface area (TPSA) is 86.7 Å². The zero-order valence-corrected chi connectivity index (χ0v) is 12.2. The van der Waals surface area contributed by atoms with Crippen molar-refractivity contribution in [1.82, 2.24) is 5.43 Å². The minimum absolute atomic E-state index is 0.193. The summed E-state index contributed by atoms with van der Waals surface area (Å²) in [5, 5.41) is 0. The molecule has 21 heavy (non-hydrogen) atoms. The molecule has 1 aromatic carbocycles. The molecule has 3 N–H and O–H groups in total. The van der Waals surface area contributed by atoms with E-state index in [0.717, 1.165) is 5.56 Å². The van der Waals surface area contributed by atoms with Crippen LogP contribution in [0.1, 0.15) is 27.4 Å². The van der Waals surface area contributed by atoms with Gasteiger partial charge in [0.2, 0.25) is 0 Å². The molecule has 0 bridgehead atoms. The number of nitrogen functional groups attached to an aromatic ring is 1. The molecule has 1 aromatic heterocycles. The minimum atomic E-state index is -0.393. The first kappa shape index (κ1) is 14.9. The lowest BCUT2D eigenvalue weighted by Crippen LogP contribution is -2.30. The van der Waals surface area contributed by atoms with Crippen molar-refractivity contribution in [2.24, 2.45) is 5.84 Å². The molecule has 1 heterocycles. The second-order valence-corrected chi connectivity index (χ2v) is 4.60. The molecule has 2 rings (SSSR count). The first-order chi connectivity index (χ1) is 10.0. The normalized spacial score (nSPS) is 10.3. The quantitative estimate of drug-likeness (QED) is 0.500. The van der Waals surface area contributed by atoms with E-state index >= 15 is 0 Å². The number of hydrazine groups is 1. The Bertz CT molecular complexity index is 649. The highest BCUT2D eigenvalue weighted by Gasteiger charge is 2.14. The molecule has 0 unspecified atom stereocenters. The first-order valence-electron chi connectivity index (χ1n) is 6.43. The molecule has 6 heteroatoms. The number of amides is 1. The Labute approximate surface area is 122 Å². The molecule has 6 nitrogen and oxygen atoms in total. The average molecular weight is 290 g/mol. The van der Waals surface area contributed by atoms with E-state index in [4.69, 9.17) is 19.7 Å². The molecule has 0 aliphatic heterocycles. The van der Waals surface area contributed by atoms with Gasteiger partial charge in [-0.05, 0) is 37.6 Å². The fourth-order valence-corrected chi connectivity index (χ4v) is 1.96. The standard InChI is InChI=1S/C15H18N2O4/c1-9-4-5-13(14(6-9)19-3)20-8-11-7-12(10(2)21-11)15(18)17-16/h4-7H,8,16H2,1-3H3,(H,17,18). The van der Waals surface area contributed by atoms with Gasteiger partial charge >= 0.3 is 0 Å². The van der Waals surface area contributed by atoms with Gasteiger partial charge in [0.15, 0.2) is 11.5 Å². The van der Waals surface area contributed by atoms with Crippen LogP contribution < -0.4 is 20.7 Å². The number of nitrogens with two attached hydrogens (primary N) is 1. The molecule has 0 aliphatic rings. The Hall–Kier alpha value is -2.47. The Balaban J connectivity index is 2.12. The van der Waals surface area contributed by atoms with E-state index in [1.807, 2.05) is 25.1 Å². The molecule has 0 saturated carbocycles. The summed E-state index contributed by atoms with van der Waals surface area (Å²) < 4.78 is 16.4. The third kappa shape index (κ3) is 3.35. The molecule has 0 atom stereocenters. The van der Waals surface area contributed by atoms with Crippen molar-refractivity contribution in [3.05, 3.63) is 46.9 Å². The number of nitrogens with one attached hydrogen (secondary N) is 1. The van der Waals surface area contributed by atoms with Crippen molar-refractivity contribution < 1.29 is 18.7 Å². The number of ether oxygens (including phenoxy) is 2. The molecule has 0 saturated heterocycles. The average Bonchev–Trinajstić information content (AvgIpc) is 2.86. The summed E-state index contributed by atoms with van der Waals surface area (Å²) in [4.78, 5) is 11.5. The van der Waals surface area contributed by atoms with Crippen molar-refractivity contribution >= 4 is 5.91 Å². The molecule has 0 fully saturated rings. The van der Waals surface area contributed by atoms with E-state index in [1.54, 1.807) is 20.1 Å². The Kier molecular flexibility index (Phi) is 4.49. The predicted molar refractivity (Wildman–Crippen MR) is 77.2 cm³/mol. The first-order valence-corrected chi connectivity index (χ1v) is 6.43. The number of methoxy groups -OCH3 is 1. The van der Waals surface area contributed by atoms with Crippen molar-refractivity contribution in [2.75, 3.05) is 7.11 Å². The Morgan fingerprint density at radius 3 is 2.71 bits per heavy atom. The summed E-state index contributed by atoms with van der Waals surface area (Å²) in [7, 11) is 1.59. The van der Waals surface area contributed by atoms with Crippen LogP contribution in [0, 0.1) is 13.8 Å². The summed E-state index contributed by atoms with van der Waals surface area (Å²) in [6.45, 7) is 3.86. The van der Waals surface area contributed by atoms with Gasteiger partial charge in [0, 0.05) is 0 Å². The van der Waals surface area contributed by atoms with E-state index < -0.39 is 5.91 Å². The molecular formula is C15H18N2O4. The van der Waals surface area contributed by atoms with Crippen LogP contribution in [-0.2, 0) is 6.61 Å². The van der Waals surface area contributed by atoms with E-state index in [9.17, 15) is 4.79 Å². The number of carbonyl (C=O) groups is 1. The number of hydrogen-bond acceptors (Lipinski definition) is 5. The van der Waals surface area contributed by atoms with Crippen molar-refractivity contribution in [2.45, 2.75) is 20.5 Å². The van der Waals surface area contributed by atoms with Crippen LogP contribution in [-0.4, -0.2) is 13.0 Å². The molecule has 0 spiro atoms. The smallest absolute Gasteiger partial charge is 0.268 e. The van der Waals surface area contributed by atoms with Crippen LogP contribution in [0.5, 0.6) is 11.5 Å². The lowest BCUT2D eigenvalue weighted by Gasteiger charge is -2.10. The Morgan fingerprint density at radius 1 is 1.29 bits per heavy atom. The summed E-state index contributed by atoms with van der Waals surface area (Å²) in [6, 6.07) is 7.25. The molecule has 0 aliphatic carbocycles. The largest absolute Gasteiger partial charge is 0.493 e. The van der Waals surface area contributed by atoms with Crippen LogP contribution in [0.15, 0.2) is 28.7 Å². The number of benzene rings is 1. The highest BCUT2D eigenvalue weighted by molar-refractivity contribution is 5.94. The highest BCUT2D eigenvalue weighted by atomic mass is 16.5. The maximum atomic E-state index is 11.5. The molecule has 112 valence electrons. The fourth-order valence-electron chi connectivity index (χ4n) is 1.96. The molecule has 0 radical (unpaired) electrons. The fraction of sp³-hybridized carbons (Fsp3) is 0.267. The van der Waals surface area contributed by atoms with Gasteiger partial charge in [0.25, 0.3) is 5.91 Å². The summed E-state index contributed by atoms with van der Waals surface area (Å²) >= 11 is 0. The number of hydrogen-bond donors (Lipinski definition) is 2. The number of aryl methyl sites for hydroxylation is 2. The Morgan fingerprint density at radius 2 is 2.05 bits per heavy atom. The lowest BCUT2D eigenvalue weighted by molar-refractivity contribution is 0.0952. The number of rotatable bonds is 5. The van der Waals surface area contributed by atoms with E-state index in [2.05, 4.69) is 5.43 Å². The van der Waals surface area contributed by atoms with E-state index in [-0.39, 0.29) is 6.61 Å². The third-order valence-corrected chi connectivity index (χ3v) is 3.03. The third-order valence-electron chi connectivity index (χ3n) is 3.03. The van der Waals surface area contributed by atoms with Crippen molar-refractivity contribution in [3.8, 4) is 11.5 Å². The van der Waals surface area contributed by atoms with Gasteiger partial charge in [-0.15, -0.1) is 0 Å². The zero-order chi connectivity index (χ0) is 15.4. The number of furan rings is 1. The van der Waals surface area contributed by atoms with Crippen LogP contribution in [0.3, 0.4) is 0 Å². The maximum Gasteiger partial charge on any atom is 0.268 e. The van der Waals surface area contributed by atoms with Gasteiger partial charge in [0.05, 0.1) is 12.7 Å². The van der Waals surface area contributed by atoms with E-state index in [1.165, 1.54) is 0 Å². The van der Waals surface area contributed by atoms with Gasteiger partial charge in [-0.25, -0.2) is 5.84 Å². The maximum absolute atomic E-state index is 11.5. The summed E-state index contributed by atoms with van der Waals surface area (Å²) in [5.41, 5.74) is 3.55. The van der Waals surface area contributed by atoms with Crippen LogP contribution in [0.4, 0.5) is 0 Å². The minimum Gasteiger partial charge on any atom is -0.493 e. The second-order valence-electron chi connectivity index (χ2n) is 4.60. The van der Waals surface area contributed by atoms with Gasteiger partial charge < -0.3 is 13.9 Å². The van der Waals surface area contributed by atoms with Gasteiger partial charge in [0.1, 0.15) is 18.1 Å². The summed E-state index contributed by atoms with van der Waals surface area (Å²) in [5.74, 6) is 7.01. The molecule has 2 aromatic rings. The predicted octanol–water partition coefficient (Wildman–Crippen LogP) is 2.09. The number of carbonyl (C=O) groups excluding carboxylic acids is 1. The van der Waals surface area contributed by atoms with Crippen LogP contribution in [0.25, 0.3) is 0 Å². The van der Waals surface area contributed by atoms with Crippen LogP contribution in [0.2, 0.25) is 0 Å². The monoisotopic (exact) mass is 290 g/mol. The van der Waals surface area contributed by atoms with E-state index in [0.29, 0.717) is 28.6 Å². The zero-order valence-electron chi connectivity index (χ0n) is 12.2. The van der Waals surface area contributed by atoms with Gasteiger partial charge in [-0.2, -0.15) is 0 Å². The second kappa shape index (κ2) is 6.32. The molecule has 1 amide bonds. The van der Waals surface area contributed by atoms with Crippen molar-refractivity contribution in [3.63, 3.8) is 0 Å².